The van der Waals surface area contributed by atoms with Gasteiger partial charge in [-0.15, -0.1) is 0 Å². The van der Waals surface area contributed by atoms with E-state index in [1.165, 1.54) is 0 Å². The van der Waals surface area contributed by atoms with Gasteiger partial charge in [0.2, 0.25) is 0 Å². The summed E-state index contributed by atoms with van der Waals surface area (Å²) < 4.78 is 52.3. The van der Waals surface area contributed by atoms with Gasteiger partial charge in [-0.25, -0.2) is 9.18 Å². The Hall–Kier alpha value is -2.61. The van der Waals surface area contributed by atoms with E-state index in [0.717, 1.165) is 10.4 Å². The molecule has 4 atom stereocenters. The molecule has 1 fully saturated rings. The molecule has 1 aliphatic heterocycles. The highest BCUT2D eigenvalue weighted by Gasteiger charge is 2.54. The number of rotatable bonds is 10. The summed E-state index contributed by atoms with van der Waals surface area (Å²) in [4.78, 5) is 13.0. The number of esters is 1. The van der Waals surface area contributed by atoms with Crippen molar-refractivity contribution in [3.8, 4) is 0 Å². The number of carbonyl (C=O) groups excluding carboxylic acids is 1. The van der Waals surface area contributed by atoms with Gasteiger partial charge in [0.25, 0.3) is 8.32 Å². The van der Waals surface area contributed by atoms with Crippen molar-refractivity contribution in [2.24, 2.45) is 0 Å². The van der Waals surface area contributed by atoms with Crippen LogP contribution < -0.4 is 10.4 Å². The Morgan fingerprint density at radius 2 is 1.40 bits per heavy atom. The molecule has 1 aliphatic rings. The lowest BCUT2D eigenvalue weighted by atomic mass is 10.1. The molecule has 40 heavy (non-hydrogen) atoms. The molecule has 1 heterocycles. The van der Waals surface area contributed by atoms with Crippen LogP contribution in [0.15, 0.2) is 91.0 Å². The van der Waals surface area contributed by atoms with Gasteiger partial charge in [-0.2, -0.15) is 0 Å². The smallest absolute Gasteiger partial charge is 0.338 e. The Balaban J connectivity index is 1.67. The molecular formula is C31H38FO6PSi. The summed E-state index contributed by atoms with van der Waals surface area (Å²) in [5.41, 5.74) is 0.303. The molecule has 9 heteroatoms. The van der Waals surface area contributed by atoms with Crippen molar-refractivity contribution >= 4 is 31.8 Å². The number of ether oxygens (including phenoxy) is 3. The average Bonchev–Trinajstić information content (AvgIpc) is 3.22. The molecule has 1 saturated heterocycles. The third kappa shape index (κ3) is 6.81. The van der Waals surface area contributed by atoms with Gasteiger partial charge in [0, 0.05) is 0 Å². The number of halogens is 1. The largest absolute Gasteiger partial charge is 0.453 e. The first-order valence-corrected chi connectivity index (χ1v) is 18.1. The predicted molar refractivity (Wildman–Crippen MR) is 158 cm³/mol. The summed E-state index contributed by atoms with van der Waals surface area (Å²) in [7, 11) is -5.58. The Bertz CT molecular complexity index is 1260. The van der Waals surface area contributed by atoms with Crippen molar-refractivity contribution in [1.82, 2.24) is 0 Å². The van der Waals surface area contributed by atoms with Crippen molar-refractivity contribution in [2.75, 3.05) is 26.3 Å². The van der Waals surface area contributed by atoms with Crippen LogP contribution in [0.2, 0.25) is 5.04 Å². The van der Waals surface area contributed by atoms with Gasteiger partial charge < -0.3 is 23.2 Å². The van der Waals surface area contributed by atoms with E-state index in [2.05, 4.69) is 45.0 Å². The fourth-order valence-electron chi connectivity index (χ4n) is 5.08. The van der Waals surface area contributed by atoms with Gasteiger partial charge in [0.05, 0.1) is 12.2 Å². The number of hydrogen-bond acceptors (Lipinski definition) is 6. The molecule has 0 radical (unpaired) electrons. The fourth-order valence-corrected chi connectivity index (χ4v) is 10.2. The fraction of sp³-hybridized carbons (Fsp3) is 0.387. The first-order valence-electron chi connectivity index (χ1n) is 13.4. The summed E-state index contributed by atoms with van der Waals surface area (Å²) in [5, 5.41) is 1.81. The van der Waals surface area contributed by atoms with Gasteiger partial charge in [-0.05, 0) is 40.9 Å². The Kier molecular flexibility index (Phi) is 9.48. The summed E-state index contributed by atoms with van der Waals surface area (Å²) in [5.74, 6) is -0.662. The third-order valence-electron chi connectivity index (χ3n) is 6.93. The highest BCUT2D eigenvalue weighted by molar-refractivity contribution is 7.62. The minimum atomic E-state index is -2.97. The summed E-state index contributed by atoms with van der Waals surface area (Å²) >= 11 is 0. The third-order valence-corrected chi connectivity index (χ3v) is 12.7. The van der Waals surface area contributed by atoms with E-state index >= 15 is 4.39 Å². The maximum atomic E-state index is 15.8. The van der Waals surface area contributed by atoms with E-state index in [9.17, 15) is 9.36 Å². The molecule has 0 aromatic heterocycles. The van der Waals surface area contributed by atoms with Gasteiger partial charge >= 0.3 is 5.97 Å². The van der Waals surface area contributed by atoms with Crippen LogP contribution in [0, 0.1) is 0 Å². The Morgan fingerprint density at radius 3 is 1.88 bits per heavy atom. The van der Waals surface area contributed by atoms with Crippen LogP contribution in [0.25, 0.3) is 0 Å². The van der Waals surface area contributed by atoms with Crippen molar-refractivity contribution in [1.29, 1.82) is 0 Å². The lowest BCUT2D eigenvalue weighted by Crippen LogP contribution is -2.67. The first kappa shape index (κ1) is 30.3. The molecule has 3 aromatic carbocycles. The van der Waals surface area contributed by atoms with Crippen LogP contribution in [0.4, 0.5) is 4.39 Å². The second kappa shape index (κ2) is 12.5. The zero-order valence-electron chi connectivity index (χ0n) is 23.7. The van der Waals surface area contributed by atoms with Crippen molar-refractivity contribution in [3.05, 3.63) is 96.6 Å². The molecule has 4 rings (SSSR count). The number of benzene rings is 3. The van der Waals surface area contributed by atoms with Gasteiger partial charge in [-0.1, -0.05) is 99.6 Å². The van der Waals surface area contributed by atoms with Crippen LogP contribution in [-0.4, -0.2) is 65.2 Å². The zero-order valence-corrected chi connectivity index (χ0v) is 25.6. The quantitative estimate of drug-likeness (QED) is 0.179. The minimum absolute atomic E-state index is 0.0315. The molecule has 214 valence electrons. The molecule has 0 amide bonds. The van der Waals surface area contributed by atoms with Crippen LogP contribution >= 0.6 is 7.14 Å². The van der Waals surface area contributed by atoms with Crippen LogP contribution in [0.3, 0.4) is 0 Å². The molecule has 3 aromatic rings. The normalized spacial score (nSPS) is 21.8. The number of carbonyl (C=O) groups is 1. The highest BCUT2D eigenvalue weighted by Crippen LogP contribution is 2.40. The summed E-state index contributed by atoms with van der Waals surface area (Å²) in [6.45, 7) is 9.52. The van der Waals surface area contributed by atoms with E-state index < -0.39 is 46.1 Å². The maximum Gasteiger partial charge on any atom is 0.338 e. The lowest BCUT2D eigenvalue weighted by Gasteiger charge is -2.43. The van der Waals surface area contributed by atoms with Crippen molar-refractivity contribution < 1.29 is 32.4 Å². The summed E-state index contributed by atoms with van der Waals surface area (Å²) in [6.07, 6.45) is -5.49. The van der Waals surface area contributed by atoms with Gasteiger partial charge in [-0.3, -0.25) is 0 Å². The van der Waals surface area contributed by atoms with Gasteiger partial charge in [0.1, 0.15) is 19.6 Å². The highest BCUT2D eigenvalue weighted by atomic mass is 31.2. The second-order valence-corrected chi connectivity index (χ2v) is 19.3. The standard InChI is InChI=1S/C31H38FO6PSi/c1-31(2,3)40(24-17-11-7-12-18-24,25-19-13-8-14-20-25)36-21-26-28(38-29(33)23-15-9-6-10-16-23)27(32)30(37-26)35-22-39(4,5)34/h6-20,26-28,30H,21-22H2,1-5H3/t26-,27+,28+,30+/m1/s1. The second-order valence-electron chi connectivity index (χ2n) is 11.6. The average molecular weight is 585 g/mol. The van der Waals surface area contributed by atoms with E-state index in [1.54, 1.807) is 43.7 Å². The Labute approximate surface area is 237 Å². The minimum Gasteiger partial charge on any atom is -0.453 e. The monoisotopic (exact) mass is 584 g/mol. The molecule has 0 unspecified atom stereocenters. The van der Waals surface area contributed by atoms with Crippen molar-refractivity contribution in [3.63, 3.8) is 0 Å². The zero-order chi connectivity index (χ0) is 29.0. The SMILES string of the molecule is CC(C)(C)[Si](OC[C@H]1O[C@H](OCP(C)(C)=O)[C@@H](F)[C@H]1OC(=O)c1ccccc1)(c1ccccc1)c1ccccc1. The van der Waals surface area contributed by atoms with Crippen LogP contribution in [0.5, 0.6) is 0 Å². The van der Waals surface area contributed by atoms with E-state index in [4.69, 9.17) is 18.6 Å². The topological polar surface area (TPSA) is 71.1 Å². The number of alkyl halides is 1. The molecule has 0 bridgehead atoms. The van der Waals surface area contributed by atoms with E-state index in [1.807, 2.05) is 36.4 Å². The first-order chi connectivity index (χ1) is 18.9. The number of hydrogen-bond donors (Lipinski definition) is 0. The maximum absolute atomic E-state index is 15.8. The molecular weight excluding hydrogens is 546 g/mol. The predicted octanol–water partition coefficient (Wildman–Crippen LogP) is 5.45. The molecule has 6 nitrogen and oxygen atoms in total. The van der Waals surface area contributed by atoms with E-state index in [0.29, 0.717) is 5.56 Å². The van der Waals surface area contributed by atoms with Crippen LogP contribution in [-0.2, 0) is 23.2 Å². The molecule has 0 spiro atoms. The lowest BCUT2D eigenvalue weighted by molar-refractivity contribution is -0.146. The molecule has 0 N–H and O–H groups in total. The van der Waals surface area contributed by atoms with Crippen molar-refractivity contribution in [2.45, 2.75) is 50.5 Å². The molecule has 0 aliphatic carbocycles. The van der Waals surface area contributed by atoms with E-state index in [-0.39, 0.29) is 18.0 Å². The Morgan fingerprint density at radius 1 is 0.900 bits per heavy atom. The summed E-state index contributed by atoms with van der Waals surface area (Å²) in [6, 6.07) is 28.6. The molecule has 0 saturated carbocycles. The van der Waals surface area contributed by atoms with Gasteiger partial charge in [0.15, 0.2) is 18.6 Å². The van der Waals surface area contributed by atoms with Crippen LogP contribution in [0.1, 0.15) is 31.1 Å².